The van der Waals surface area contributed by atoms with Crippen LogP contribution in [0.1, 0.15) is 32.3 Å². The van der Waals surface area contributed by atoms with E-state index in [-0.39, 0.29) is 16.7 Å². The van der Waals surface area contributed by atoms with Crippen LogP contribution in [0.2, 0.25) is 0 Å². The second-order valence-electron chi connectivity index (χ2n) is 7.41. The van der Waals surface area contributed by atoms with Gasteiger partial charge in [0.05, 0.1) is 17.0 Å². The highest BCUT2D eigenvalue weighted by Gasteiger charge is 2.28. The minimum absolute atomic E-state index is 0.112. The van der Waals surface area contributed by atoms with Crippen molar-refractivity contribution >= 4 is 27.4 Å². The Morgan fingerprint density at radius 2 is 2.03 bits per heavy atom. The molecule has 1 fully saturated rings. The van der Waals surface area contributed by atoms with Crippen molar-refractivity contribution in [3.8, 4) is 0 Å². The lowest BCUT2D eigenvalue weighted by molar-refractivity contribution is -0.120. The molecule has 1 aliphatic heterocycles. The molecule has 162 valence electrons. The maximum absolute atomic E-state index is 12.9. The van der Waals surface area contributed by atoms with Crippen molar-refractivity contribution in [2.24, 2.45) is 5.92 Å². The van der Waals surface area contributed by atoms with Crippen LogP contribution in [0, 0.1) is 12.8 Å². The van der Waals surface area contributed by atoms with Gasteiger partial charge in [0.15, 0.2) is 0 Å². The lowest BCUT2D eigenvalue weighted by atomic mass is 9.97. The van der Waals surface area contributed by atoms with E-state index >= 15 is 0 Å². The zero-order chi connectivity index (χ0) is 21.7. The fourth-order valence-electron chi connectivity index (χ4n) is 3.76. The quantitative estimate of drug-likeness (QED) is 0.724. The van der Waals surface area contributed by atoms with E-state index < -0.39 is 10.0 Å². The Labute approximate surface area is 178 Å². The molecule has 1 atom stereocenters. The summed E-state index contributed by atoms with van der Waals surface area (Å²) in [6.07, 6.45) is 6.62. The molecule has 0 saturated carbocycles. The van der Waals surface area contributed by atoms with Crippen molar-refractivity contribution in [1.82, 2.24) is 14.3 Å². The minimum atomic E-state index is -3.60. The van der Waals surface area contributed by atoms with Gasteiger partial charge >= 0.3 is 0 Å². The van der Waals surface area contributed by atoms with Gasteiger partial charge in [-0.05, 0) is 37.5 Å². The van der Waals surface area contributed by atoms with Crippen molar-refractivity contribution < 1.29 is 13.2 Å². The summed E-state index contributed by atoms with van der Waals surface area (Å²) in [7, 11) is -3.60. The Balaban J connectivity index is 1.75. The standard InChI is InChI=1S/C21H29N5O3S/c1-4-26(5-2)30(28,29)19-13-18(9-8-16(19)3)24-21(27)17-7-6-12-25(15-17)20-14-22-10-11-23-20/h8-11,13-14,17H,4-7,12,15H2,1-3H3,(H,24,27). The Morgan fingerprint density at radius 1 is 1.27 bits per heavy atom. The number of carbonyl (C=O) groups excluding carboxylic acids is 1. The molecule has 8 nitrogen and oxygen atoms in total. The monoisotopic (exact) mass is 431 g/mol. The van der Waals surface area contributed by atoms with Crippen LogP contribution in [0.5, 0.6) is 0 Å². The number of amides is 1. The van der Waals surface area contributed by atoms with Crippen LogP contribution in [-0.4, -0.2) is 54.8 Å². The number of piperidine rings is 1. The highest BCUT2D eigenvalue weighted by Crippen LogP contribution is 2.26. The molecule has 1 aromatic carbocycles. The number of hydrogen-bond donors (Lipinski definition) is 1. The molecule has 9 heteroatoms. The van der Waals surface area contributed by atoms with E-state index in [9.17, 15) is 13.2 Å². The predicted molar refractivity (Wildman–Crippen MR) is 117 cm³/mol. The van der Waals surface area contributed by atoms with E-state index in [0.717, 1.165) is 25.2 Å². The molecule has 2 aromatic rings. The average Bonchev–Trinajstić information content (AvgIpc) is 2.76. The zero-order valence-corrected chi connectivity index (χ0v) is 18.5. The van der Waals surface area contributed by atoms with Crippen LogP contribution in [0.15, 0.2) is 41.7 Å². The Bertz CT molecular complexity index is 977. The number of hydrogen-bond acceptors (Lipinski definition) is 6. The largest absolute Gasteiger partial charge is 0.355 e. The molecule has 0 radical (unpaired) electrons. The second kappa shape index (κ2) is 9.53. The highest BCUT2D eigenvalue weighted by atomic mass is 32.2. The van der Waals surface area contributed by atoms with Gasteiger partial charge in [0.1, 0.15) is 5.82 Å². The summed E-state index contributed by atoms with van der Waals surface area (Å²) in [5, 5.41) is 2.91. The number of carbonyl (C=O) groups is 1. The fraction of sp³-hybridized carbons (Fsp3) is 0.476. The van der Waals surface area contributed by atoms with E-state index in [1.165, 1.54) is 4.31 Å². The molecular formula is C21H29N5O3S. The summed E-state index contributed by atoms with van der Waals surface area (Å²) in [5.74, 6) is 0.446. The number of nitrogens with one attached hydrogen (secondary N) is 1. The Morgan fingerprint density at radius 3 is 2.70 bits per heavy atom. The van der Waals surface area contributed by atoms with Crippen LogP contribution < -0.4 is 10.2 Å². The summed E-state index contributed by atoms with van der Waals surface area (Å²) in [5.41, 5.74) is 1.15. The molecule has 1 unspecified atom stereocenters. The van der Waals surface area contributed by atoms with Gasteiger partial charge in [0.2, 0.25) is 15.9 Å². The van der Waals surface area contributed by atoms with E-state index in [1.54, 1.807) is 43.7 Å². The second-order valence-corrected chi connectivity index (χ2v) is 9.31. The van der Waals surface area contributed by atoms with Gasteiger partial charge in [-0.25, -0.2) is 13.4 Å². The number of rotatable bonds is 7. The third-order valence-corrected chi connectivity index (χ3v) is 7.64. The normalized spacial score (nSPS) is 17.2. The van der Waals surface area contributed by atoms with Gasteiger partial charge < -0.3 is 10.2 Å². The molecule has 2 heterocycles. The smallest absolute Gasteiger partial charge is 0.243 e. The minimum Gasteiger partial charge on any atom is -0.355 e. The number of aryl methyl sites for hydroxylation is 1. The maximum Gasteiger partial charge on any atom is 0.243 e. The van der Waals surface area contributed by atoms with Crippen molar-refractivity contribution in [1.29, 1.82) is 0 Å². The number of nitrogens with zero attached hydrogens (tertiary/aromatic N) is 4. The van der Waals surface area contributed by atoms with Crippen LogP contribution >= 0.6 is 0 Å². The molecule has 3 rings (SSSR count). The third kappa shape index (κ3) is 4.79. The molecule has 1 saturated heterocycles. The molecule has 1 aromatic heterocycles. The summed E-state index contributed by atoms with van der Waals surface area (Å²) in [4.78, 5) is 23.6. The van der Waals surface area contributed by atoms with E-state index in [0.29, 0.717) is 30.9 Å². The van der Waals surface area contributed by atoms with Crippen molar-refractivity contribution in [3.05, 3.63) is 42.4 Å². The summed E-state index contributed by atoms with van der Waals surface area (Å²) in [6, 6.07) is 5.04. The zero-order valence-electron chi connectivity index (χ0n) is 17.7. The SMILES string of the molecule is CCN(CC)S(=O)(=O)c1cc(NC(=O)C2CCCN(c3cnccn3)C2)ccc1C. The third-order valence-electron chi connectivity index (χ3n) is 5.44. The molecule has 1 aliphatic rings. The van der Waals surface area contributed by atoms with Crippen LogP contribution in [0.4, 0.5) is 11.5 Å². The maximum atomic E-state index is 12.9. The van der Waals surface area contributed by atoms with E-state index in [2.05, 4.69) is 20.2 Å². The number of benzene rings is 1. The number of sulfonamides is 1. The van der Waals surface area contributed by atoms with E-state index in [4.69, 9.17) is 0 Å². The molecule has 1 N–H and O–H groups in total. The van der Waals surface area contributed by atoms with Gasteiger partial charge in [-0.3, -0.25) is 9.78 Å². The van der Waals surface area contributed by atoms with Gasteiger partial charge in [-0.1, -0.05) is 19.9 Å². The van der Waals surface area contributed by atoms with E-state index in [1.807, 2.05) is 13.8 Å². The summed E-state index contributed by atoms with van der Waals surface area (Å²) >= 11 is 0. The first-order chi connectivity index (χ1) is 14.4. The first-order valence-electron chi connectivity index (χ1n) is 10.3. The Kier molecular flexibility index (Phi) is 7.04. The van der Waals surface area contributed by atoms with Crippen molar-refractivity contribution in [3.63, 3.8) is 0 Å². The summed E-state index contributed by atoms with van der Waals surface area (Å²) in [6.45, 7) is 7.58. The van der Waals surface area contributed by atoms with Gasteiger partial charge in [0.25, 0.3) is 0 Å². The van der Waals surface area contributed by atoms with Crippen LogP contribution in [0.25, 0.3) is 0 Å². The molecule has 30 heavy (non-hydrogen) atoms. The molecule has 1 amide bonds. The highest BCUT2D eigenvalue weighted by molar-refractivity contribution is 7.89. The number of anilines is 2. The summed E-state index contributed by atoms with van der Waals surface area (Å²) < 4.78 is 27.3. The molecule has 0 aliphatic carbocycles. The lowest BCUT2D eigenvalue weighted by Gasteiger charge is -2.32. The first kappa shape index (κ1) is 22.2. The lowest BCUT2D eigenvalue weighted by Crippen LogP contribution is -2.41. The van der Waals surface area contributed by atoms with Crippen molar-refractivity contribution in [2.45, 2.75) is 38.5 Å². The predicted octanol–water partition coefficient (Wildman–Crippen LogP) is 2.67. The Hall–Kier alpha value is -2.52. The average molecular weight is 432 g/mol. The first-order valence-corrected chi connectivity index (χ1v) is 11.7. The fourth-order valence-corrected chi connectivity index (χ4v) is 5.47. The van der Waals surface area contributed by atoms with Crippen LogP contribution in [-0.2, 0) is 14.8 Å². The van der Waals surface area contributed by atoms with Gasteiger partial charge in [-0.2, -0.15) is 4.31 Å². The van der Waals surface area contributed by atoms with Crippen molar-refractivity contribution in [2.75, 3.05) is 36.4 Å². The van der Waals surface area contributed by atoms with Gasteiger partial charge in [0, 0.05) is 44.3 Å². The topological polar surface area (TPSA) is 95.5 Å². The molecular weight excluding hydrogens is 402 g/mol. The number of aromatic nitrogens is 2. The molecule has 0 spiro atoms. The van der Waals surface area contributed by atoms with Gasteiger partial charge in [-0.15, -0.1) is 0 Å². The van der Waals surface area contributed by atoms with Crippen LogP contribution in [0.3, 0.4) is 0 Å². The molecule has 0 bridgehead atoms.